The number of amides is 1. The molecule has 3 aromatic rings. The van der Waals surface area contributed by atoms with Crippen LogP contribution in [0.2, 0.25) is 0 Å². The first kappa shape index (κ1) is 20.2. The summed E-state index contributed by atoms with van der Waals surface area (Å²) in [5.74, 6) is -0.0892. The van der Waals surface area contributed by atoms with Gasteiger partial charge in [0.05, 0.1) is 5.69 Å². The van der Waals surface area contributed by atoms with Crippen LogP contribution in [-0.2, 0) is 6.42 Å². The van der Waals surface area contributed by atoms with E-state index in [1.807, 2.05) is 43.3 Å². The lowest BCUT2D eigenvalue weighted by Crippen LogP contribution is -2.36. The van der Waals surface area contributed by atoms with Crippen LogP contribution in [0.5, 0.6) is 0 Å². The van der Waals surface area contributed by atoms with Crippen LogP contribution < -0.4 is 5.32 Å². The topological polar surface area (TPSA) is 61.0 Å². The van der Waals surface area contributed by atoms with Gasteiger partial charge in [0.25, 0.3) is 5.91 Å². The SMILES string of the molecule is C#CNCCN(CCC)C(=O)c1cc(-c2ccccc2Cc2ccccc2)[nH]n1. The third kappa shape index (κ3) is 5.26. The molecule has 0 spiro atoms. The standard InChI is InChI=1S/C24H26N4O/c1-3-15-28(16-14-25-4-2)24(29)23-18-22(26-27-23)21-13-9-8-12-20(21)17-19-10-6-5-7-11-19/h2,5-13,18,25H,3,14-17H2,1H3,(H,26,27). The van der Waals surface area contributed by atoms with E-state index in [2.05, 4.69) is 45.8 Å². The maximum absolute atomic E-state index is 12.9. The smallest absolute Gasteiger partial charge is 0.274 e. The molecule has 148 valence electrons. The zero-order chi connectivity index (χ0) is 20.5. The van der Waals surface area contributed by atoms with E-state index in [1.165, 1.54) is 11.1 Å². The second-order valence-electron chi connectivity index (χ2n) is 6.85. The Hall–Kier alpha value is -3.52. The van der Waals surface area contributed by atoms with Gasteiger partial charge < -0.3 is 10.2 Å². The summed E-state index contributed by atoms with van der Waals surface area (Å²) >= 11 is 0. The second-order valence-corrected chi connectivity index (χ2v) is 6.85. The molecule has 5 heteroatoms. The molecule has 0 atom stereocenters. The number of H-pyrrole nitrogens is 1. The van der Waals surface area contributed by atoms with Crippen molar-refractivity contribution in [2.75, 3.05) is 19.6 Å². The van der Waals surface area contributed by atoms with E-state index in [4.69, 9.17) is 6.42 Å². The van der Waals surface area contributed by atoms with Gasteiger partial charge in [-0.3, -0.25) is 9.89 Å². The third-order valence-corrected chi connectivity index (χ3v) is 4.73. The highest BCUT2D eigenvalue weighted by Gasteiger charge is 2.19. The Morgan fingerprint density at radius 3 is 2.66 bits per heavy atom. The minimum atomic E-state index is -0.0892. The molecular weight excluding hydrogens is 360 g/mol. The van der Waals surface area contributed by atoms with Crippen molar-refractivity contribution in [2.45, 2.75) is 19.8 Å². The van der Waals surface area contributed by atoms with Gasteiger partial charge in [0, 0.05) is 31.2 Å². The van der Waals surface area contributed by atoms with E-state index < -0.39 is 0 Å². The quantitative estimate of drug-likeness (QED) is 0.335. The summed E-state index contributed by atoms with van der Waals surface area (Å²) in [5.41, 5.74) is 4.75. The summed E-state index contributed by atoms with van der Waals surface area (Å²) in [7, 11) is 0. The van der Waals surface area contributed by atoms with E-state index in [9.17, 15) is 4.79 Å². The molecule has 2 aromatic carbocycles. The maximum Gasteiger partial charge on any atom is 0.274 e. The Balaban J connectivity index is 1.81. The molecule has 5 nitrogen and oxygen atoms in total. The molecule has 29 heavy (non-hydrogen) atoms. The number of terminal acetylenes is 1. The molecule has 0 unspecified atom stereocenters. The molecule has 0 bridgehead atoms. The number of carbonyl (C=O) groups excluding carboxylic acids is 1. The van der Waals surface area contributed by atoms with Crippen LogP contribution >= 0.6 is 0 Å². The summed E-state index contributed by atoms with van der Waals surface area (Å²) in [6, 6.07) is 22.8. The lowest BCUT2D eigenvalue weighted by molar-refractivity contribution is 0.0752. The number of nitrogens with zero attached hydrogens (tertiary/aromatic N) is 2. The fraction of sp³-hybridized carbons (Fsp3) is 0.250. The van der Waals surface area contributed by atoms with Gasteiger partial charge in [-0.2, -0.15) is 5.10 Å². The van der Waals surface area contributed by atoms with Gasteiger partial charge in [-0.1, -0.05) is 67.9 Å². The van der Waals surface area contributed by atoms with Crippen molar-refractivity contribution in [3.05, 3.63) is 77.5 Å². The number of aromatic nitrogens is 2. The van der Waals surface area contributed by atoms with Gasteiger partial charge in [-0.05, 0) is 30.0 Å². The van der Waals surface area contributed by atoms with Crippen LogP contribution in [0.1, 0.15) is 35.0 Å². The van der Waals surface area contributed by atoms with Gasteiger partial charge in [-0.15, -0.1) is 0 Å². The molecule has 1 heterocycles. The molecule has 0 saturated heterocycles. The van der Waals surface area contributed by atoms with Crippen molar-refractivity contribution in [2.24, 2.45) is 0 Å². The first-order chi connectivity index (χ1) is 14.2. The Morgan fingerprint density at radius 1 is 1.14 bits per heavy atom. The minimum absolute atomic E-state index is 0.0892. The first-order valence-corrected chi connectivity index (χ1v) is 9.88. The van der Waals surface area contributed by atoms with Gasteiger partial charge in [0.2, 0.25) is 0 Å². The van der Waals surface area contributed by atoms with Gasteiger partial charge in [0.1, 0.15) is 0 Å². The summed E-state index contributed by atoms with van der Waals surface area (Å²) in [5, 5.41) is 10.2. The number of aromatic amines is 1. The van der Waals surface area contributed by atoms with Gasteiger partial charge in [0.15, 0.2) is 5.69 Å². The molecule has 3 rings (SSSR count). The van der Waals surface area contributed by atoms with Crippen molar-refractivity contribution in [3.8, 4) is 23.7 Å². The van der Waals surface area contributed by atoms with E-state index in [1.54, 1.807) is 4.90 Å². The van der Waals surface area contributed by atoms with Gasteiger partial charge >= 0.3 is 0 Å². The minimum Gasteiger partial charge on any atom is -0.344 e. The fourth-order valence-electron chi connectivity index (χ4n) is 3.33. The molecule has 0 aliphatic carbocycles. The Labute approximate surface area is 172 Å². The van der Waals surface area contributed by atoms with Crippen molar-refractivity contribution in [1.82, 2.24) is 20.4 Å². The Kier molecular flexibility index (Phi) is 7.07. The van der Waals surface area contributed by atoms with Crippen molar-refractivity contribution in [3.63, 3.8) is 0 Å². The zero-order valence-electron chi connectivity index (χ0n) is 16.7. The second kappa shape index (κ2) is 10.1. The summed E-state index contributed by atoms with van der Waals surface area (Å²) in [6.07, 6.45) is 6.92. The first-order valence-electron chi connectivity index (χ1n) is 9.88. The van der Waals surface area contributed by atoms with E-state index in [0.29, 0.717) is 25.3 Å². The Bertz CT molecular complexity index is 972. The summed E-state index contributed by atoms with van der Waals surface area (Å²) < 4.78 is 0. The van der Waals surface area contributed by atoms with E-state index in [0.717, 1.165) is 24.1 Å². The van der Waals surface area contributed by atoms with Crippen LogP contribution in [0.4, 0.5) is 0 Å². The molecule has 1 amide bonds. The third-order valence-electron chi connectivity index (χ3n) is 4.73. The number of nitrogens with one attached hydrogen (secondary N) is 2. The summed E-state index contributed by atoms with van der Waals surface area (Å²) in [6.45, 7) is 3.81. The largest absolute Gasteiger partial charge is 0.344 e. The van der Waals surface area contributed by atoms with E-state index >= 15 is 0 Å². The van der Waals surface area contributed by atoms with Crippen molar-refractivity contribution < 1.29 is 4.79 Å². The number of rotatable bonds is 9. The highest BCUT2D eigenvalue weighted by atomic mass is 16.2. The van der Waals surface area contributed by atoms with Crippen LogP contribution in [0.15, 0.2) is 60.7 Å². The molecule has 0 aliphatic rings. The lowest BCUT2D eigenvalue weighted by Gasteiger charge is -2.20. The fourth-order valence-corrected chi connectivity index (χ4v) is 3.33. The molecule has 0 aliphatic heterocycles. The summed E-state index contributed by atoms with van der Waals surface area (Å²) in [4.78, 5) is 14.7. The highest BCUT2D eigenvalue weighted by molar-refractivity contribution is 5.93. The maximum atomic E-state index is 12.9. The highest BCUT2D eigenvalue weighted by Crippen LogP contribution is 2.25. The van der Waals surface area contributed by atoms with Crippen LogP contribution in [-0.4, -0.2) is 40.6 Å². The molecule has 0 saturated carbocycles. The number of benzene rings is 2. The molecule has 1 aromatic heterocycles. The van der Waals surface area contributed by atoms with E-state index in [-0.39, 0.29) is 5.91 Å². The molecule has 2 N–H and O–H groups in total. The number of hydrogen-bond acceptors (Lipinski definition) is 3. The monoisotopic (exact) mass is 386 g/mol. The van der Waals surface area contributed by atoms with Crippen LogP contribution in [0.3, 0.4) is 0 Å². The average molecular weight is 386 g/mol. The molecule has 0 radical (unpaired) electrons. The zero-order valence-corrected chi connectivity index (χ0v) is 16.7. The lowest BCUT2D eigenvalue weighted by atomic mass is 9.98. The van der Waals surface area contributed by atoms with Crippen molar-refractivity contribution in [1.29, 1.82) is 0 Å². The number of hydrogen-bond donors (Lipinski definition) is 2. The van der Waals surface area contributed by atoms with Crippen LogP contribution in [0.25, 0.3) is 11.3 Å². The Morgan fingerprint density at radius 2 is 1.90 bits per heavy atom. The van der Waals surface area contributed by atoms with Gasteiger partial charge in [-0.25, -0.2) is 0 Å². The molecular formula is C24H26N4O. The van der Waals surface area contributed by atoms with Crippen LogP contribution in [0, 0.1) is 12.5 Å². The molecule has 0 fully saturated rings. The van der Waals surface area contributed by atoms with Crippen molar-refractivity contribution >= 4 is 5.91 Å². The number of carbonyl (C=O) groups is 1. The predicted octanol–water partition coefficient (Wildman–Crippen LogP) is 3.70. The normalized spacial score (nSPS) is 10.3. The predicted molar refractivity (Wildman–Crippen MR) is 116 cm³/mol. The average Bonchev–Trinajstić information content (AvgIpc) is 3.24.